The number of rotatable bonds is 5. The van der Waals surface area contributed by atoms with Crippen molar-refractivity contribution in [3.05, 3.63) is 34.4 Å². The van der Waals surface area contributed by atoms with Crippen LogP contribution in [0.25, 0.3) is 0 Å². The molecule has 1 aromatic carbocycles. The first-order valence-corrected chi connectivity index (χ1v) is 6.61. The molecule has 0 aliphatic heterocycles. The van der Waals surface area contributed by atoms with E-state index in [9.17, 15) is 0 Å². The SMILES string of the molecule is CCCNc1cnnc(Nc2cccc(Cl)c2Cl)n1. The van der Waals surface area contributed by atoms with Gasteiger partial charge in [-0.1, -0.05) is 36.2 Å². The summed E-state index contributed by atoms with van der Waals surface area (Å²) in [7, 11) is 0. The zero-order valence-electron chi connectivity index (χ0n) is 10.3. The number of hydrogen-bond acceptors (Lipinski definition) is 5. The normalized spacial score (nSPS) is 10.3. The first-order chi connectivity index (χ1) is 9.20. The van der Waals surface area contributed by atoms with Crippen LogP contribution < -0.4 is 10.6 Å². The van der Waals surface area contributed by atoms with Crippen molar-refractivity contribution in [2.75, 3.05) is 17.2 Å². The molecule has 2 aromatic rings. The maximum absolute atomic E-state index is 6.08. The molecule has 100 valence electrons. The number of anilines is 3. The average Bonchev–Trinajstić information content (AvgIpc) is 2.42. The van der Waals surface area contributed by atoms with E-state index < -0.39 is 0 Å². The van der Waals surface area contributed by atoms with E-state index >= 15 is 0 Å². The summed E-state index contributed by atoms with van der Waals surface area (Å²) in [5.41, 5.74) is 0.642. The summed E-state index contributed by atoms with van der Waals surface area (Å²) in [6.07, 6.45) is 2.58. The predicted octanol–water partition coefficient (Wildman–Crippen LogP) is 3.74. The molecule has 1 aromatic heterocycles. The fourth-order valence-electron chi connectivity index (χ4n) is 1.42. The smallest absolute Gasteiger partial charge is 0.249 e. The number of halogens is 2. The molecular weight excluding hydrogens is 285 g/mol. The van der Waals surface area contributed by atoms with E-state index in [1.54, 1.807) is 24.4 Å². The van der Waals surface area contributed by atoms with Crippen LogP contribution in [0.3, 0.4) is 0 Å². The van der Waals surface area contributed by atoms with Gasteiger partial charge in [-0.3, -0.25) is 0 Å². The molecule has 2 N–H and O–H groups in total. The molecule has 0 atom stereocenters. The minimum Gasteiger partial charge on any atom is -0.369 e. The third-order valence-corrected chi connectivity index (χ3v) is 3.13. The maximum Gasteiger partial charge on any atom is 0.249 e. The molecule has 0 unspecified atom stereocenters. The van der Waals surface area contributed by atoms with Crippen LogP contribution in [0.1, 0.15) is 13.3 Å². The highest BCUT2D eigenvalue weighted by Crippen LogP contribution is 2.30. The molecule has 0 aliphatic carbocycles. The minimum absolute atomic E-state index is 0.366. The first kappa shape index (κ1) is 13.8. The summed E-state index contributed by atoms with van der Waals surface area (Å²) in [4.78, 5) is 4.28. The Morgan fingerprint density at radius 1 is 1.26 bits per heavy atom. The number of benzene rings is 1. The summed E-state index contributed by atoms with van der Waals surface area (Å²) in [6, 6.07) is 5.31. The van der Waals surface area contributed by atoms with Gasteiger partial charge in [-0.2, -0.15) is 10.1 Å². The number of nitrogens with zero attached hydrogens (tertiary/aromatic N) is 3. The van der Waals surface area contributed by atoms with Crippen molar-refractivity contribution in [1.82, 2.24) is 15.2 Å². The first-order valence-electron chi connectivity index (χ1n) is 5.85. The van der Waals surface area contributed by atoms with Crippen LogP contribution in [-0.4, -0.2) is 21.7 Å². The van der Waals surface area contributed by atoms with Crippen LogP contribution in [0.4, 0.5) is 17.5 Å². The molecule has 0 amide bonds. The van der Waals surface area contributed by atoms with Gasteiger partial charge in [0, 0.05) is 6.54 Å². The molecule has 0 bridgehead atoms. The highest BCUT2D eigenvalue weighted by molar-refractivity contribution is 6.43. The zero-order chi connectivity index (χ0) is 13.7. The monoisotopic (exact) mass is 297 g/mol. The summed E-state index contributed by atoms with van der Waals surface area (Å²) < 4.78 is 0. The second-order valence-corrected chi connectivity index (χ2v) is 4.60. The van der Waals surface area contributed by atoms with Crippen molar-refractivity contribution in [1.29, 1.82) is 0 Å². The molecule has 0 spiro atoms. The Kier molecular flexibility index (Phi) is 4.76. The fraction of sp³-hybridized carbons (Fsp3) is 0.250. The van der Waals surface area contributed by atoms with Gasteiger partial charge in [0.25, 0.3) is 0 Å². The van der Waals surface area contributed by atoms with Crippen LogP contribution >= 0.6 is 23.2 Å². The van der Waals surface area contributed by atoms with Crippen LogP contribution in [0, 0.1) is 0 Å². The van der Waals surface area contributed by atoms with Crippen molar-refractivity contribution < 1.29 is 0 Å². The van der Waals surface area contributed by atoms with Gasteiger partial charge in [-0.15, -0.1) is 5.10 Å². The lowest BCUT2D eigenvalue weighted by molar-refractivity contribution is 0.935. The molecule has 0 aliphatic rings. The van der Waals surface area contributed by atoms with Crippen molar-refractivity contribution in [3.63, 3.8) is 0 Å². The van der Waals surface area contributed by atoms with Crippen LogP contribution in [0.15, 0.2) is 24.4 Å². The Labute approximate surface area is 121 Å². The molecule has 0 fully saturated rings. The van der Waals surface area contributed by atoms with E-state index in [2.05, 4.69) is 32.7 Å². The van der Waals surface area contributed by atoms with Gasteiger partial charge < -0.3 is 10.6 Å². The van der Waals surface area contributed by atoms with E-state index in [0.717, 1.165) is 13.0 Å². The Bertz CT molecular complexity index is 562. The molecule has 5 nitrogen and oxygen atoms in total. The lowest BCUT2D eigenvalue weighted by Gasteiger charge is -2.08. The van der Waals surface area contributed by atoms with Crippen LogP contribution in [0.2, 0.25) is 10.0 Å². The highest BCUT2D eigenvalue weighted by atomic mass is 35.5. The molecule has 2 rings (SSSR count). The Morgan fingerprint density at radius 2 is 2.11 bits per heavy atom. The van der Waals surface area contributed by atoms with Crippen LogP contribution in [0.5, 0.6) is 0 Å². The Balaban J connectivity index is 2.16. The van der Waals surface area contributed by atoms with Gasteiger partial charge >= 0.3 is 0 Å². The van der Waals surface area contributed by atoms with Gasteiger partial charge in [0.05, 0.1) is 21.9 Å². The van der Waals surface area contributed by atoms with E-state index in [0.29, 0.717) is 27.5 Å². The van der Waals surface area contributed by atoms with Gasteiger partial charge in [-0.25, -0.2) is 0 Å². The van der Waals surface area contributed by atoms with E-state index in [-0.39, 0.29) is 0 Å². The third-order valence-electron chi connectivity index (χ3n) is 2.31. The summed E-state index contributed by atoms with van der Waals surface area (Å²) in [5.74, 6) is 1.03. The standard InChI is InChI=1S/C12H13Cl2N5/c1-2-6-15-10-7-16-19-12(18-10)17-9-5-3-4-8(13)11(9)14/h3-5,7H,2,6H2,1H3,(H2,15,17,18,19). The lowest BCUT2D eigenvalue weighted by Crippen LogP contribution is -2.06. The highest BCUT2D eigenvalue weighted by Gasteiger charge is 2.06. The largest absolute Gasteiger partial charge is 0.369 e. The molecule has 7 heteroatoms. The topological polar surface area (TPSA) is 62.7 Å². The number of hydrogen-bond donors (Lipinski definition) is 2. The van der Waals surface area contributed by atoms with Crippen molar-refractivity contribution in [2.24, 2.45) is 0 Å². The molecule has 0 saturated carbocycles. The molecular formula is C12H13Cl2N5. The second kappa shape index (κ2) is 6.54. The quantitative estimate of drug-likeness (QED) is 0.880. The van der Waals surface area contributed by atoms with Gasteiger partial charge in [-0.05, 0) is 18.6 Å². The summed E-state index contributed by atoms with van der Waals surface area (Å²) >= 11 is 12.0. The molecule has 1 heterocycles. The summed E-state index contributed by atoms with van der Waals surface area (Å²) in [5, 5.41) is 14.8. The van der Waals surface area contributed by atoms with E-state index in [4.69, 9.17) is 23.2 Å². The predicted molar refractivity (Wildman–Crippen MR) is 78.4 cm³/mol. The second-order valence-electron chi connectivity index (χ2n) is 3.82. The number of aromatic nitrogens is 3. The maximum atomic E-state index is 6.08. The Hall–Kier alpha value is -1.59. The molecule has 0 saturated heterocycles. The third kappa shape index (κ3) is 3.68. The summed E-state index contributed by atoms with van der Waals surface area (Å²) in [6.45, 7) is 2.91. The van der Waals surface area contributed by atoms with Gasteiger partial charge in [0.1, 0.15) is 0 Å². The van der Waals surface area contributed by atoms with Crippen molar-refractivity contribution >= 4 is 40.7 Å². The Morgan fingerprint density at radius 3 is 2.89 bits per heavy atom. The molecule has 0 radical (unpaired) electrons. The number of nitrogens with one attached hydrogen (secondary N) is 2. The fourth-order valence-corrected chi connectivity index (χ4v) is 1.76. The van der Waals surface area contributed by atoms with Crippen molar-refractivity contribution in [3.8, 4) is 0 Å². The van der Waals surface area contributed by atoms with E-state index in [1.807, 2.05) is 0 Å². The molecule has 19 heavy (non-hydrogen) atoms. The average molecular weight is 298 g/mol. The van der Waals surface area contributed by atoms with Gasteiger partial charge in [0.2, 0.25) is 5.95 Å². The van der Waals surface area contributed by atoms with Crippen molar-refractivity contribution in [2.45, 2.75) is 13.3 Å². The zero-order valence-corrected chi connectivity index (χ0v) is 11.8. The minimum atomic E-state index is 0.366. The van der Waals surface area contributed by atoms with Gasteiger partial charge in [0.15, 0.2) is 5.82 Å². The lowest BCUT2D eigenvalue weighted by atomic mass is 10.3. The van der Waals surface area contributed by atoms with E-state index in [1.165, 1.54) is 0 Å². The van der Waals surface area contributed by atoms with Crippen LogP contribution in [-0.2, 0) is 0 Å².